The first-order chi connectivity index (χ1) is 8.48. The summed E-state index contributed by atoms with van der Waals surface area (Å²) in [5, 5.41) is 8.36. The maximum atomic E-state index is 12.5. The lowest BCUT2D eigenvalue weighted by atomic mass is 9.99. The van der Waals surface area contributed by atoms with Crippen molar-refractivity contribution in [2.45, 2.75) is 38.0 Å². The number of anilines is 1. The number of nitrogens with zero attached hydrogens (tertiary/aromatic N) is 1. The zero-order valence-corrected chi connectivity index (χ0v) is 11.5. The summed E-state index contributed by atoms with van der Waals surface area (Å²) >= 11 is 0. The summed E-state index contributed by atoms with van der Waals surface area (Å²) < 4.78 is 26.4. The van der Waals surface area contributed by atoms with E-state index >= 15 is 0 Å². The van der Waals surface area contributed by atoms with Crippen molar-refractivity contribution in [1.29, 1.82) is 0 Å². The van der Waals surface area contributed by atoms with Crippen LogP contribution < -0.4 is 4.31 Å². The first-order valence-electron chi connectivity index (χ1n) is 6.20. The first-order valence-corrected chi connectivity index (χ1v) is 7.70. The van der Waals surface area contributed by atoms with E-state index in [0.29, 0.717) is 0 Å². The molecule has 1 aliphatic heterocycles. The second-order valence-corrected chi connectivity index (χ2v) is 7.08. The minimum atomic E-state index is -3.49. The van der Waals surface area contributed by atoms with E-state index in [1.54, 1.807) is 6.92 Å². The van der Waals surface area contributed by atoms with Crippen molar-refractivity contribution in [2.24, 2.45) is 0 Å². The van der Waals surface area contributed by atoms with Crippen LogP contribution in [0.2, 0.25) is 0 Å². The molecule has 0 aliphatic carbocycles. The average Bonchev–Trinajstić information content (AvgIpc) is 2.37. The van der Waals surface area contributed by atoms with Gasteiger partial charge < -0.3 is 5.11 Å². The van der Waals surface area contributed by atoms with Gasteiger partial charge in [-0.15, -0.1) is 0 Å². The van der Waals surface area contributed by atoms with Crippen LogP contribution in [0.25, 0.3) is 0 Å². The quantitative estimate of drug-likeness (QED) is 0.905. The summed E-state index contributed by atoms with van der Waals surface area (Å²) in [5.74, 6) is 0. The molecule has 0 amide bonds. The summed E-state index contributed by atoms with van der Waals surface area (Å²) in [6.45, 7) is 3.10. The van der Waals surface area contributed by atoms with E-state index in [-0.39, 0.29) is 12.6 Å². The summed E-state index contributed by atoms with van der Waals surface area (Å²) in [6.07, 6.45) is 1.71. The molecule has 1 N–H and O–H groups in total. The molecule has 0 fully saturated rings. The molecule has 0 saturated carbocycles. The van der Waals surface area contributed by atoms with E-state index in [4.69, 9.17) is 5.11 Å². The summed E-state index contributed by atoms with van der Waals surface area (Å²) in [4.78, 5) is 0. The molecule has 1 aromatic carbocycles. The number of benzene rings is 1. The lowest BCUT2D eigenvalue weighted by Crippen LogP contribution is -2.46. The van der Waals surface area contributed by atoms with E-state index < -0.39 is 15.3 Å². The van der Waals surface area contributed by atoms with Crippen LogP contribution in [0.3, 0.4) is 0 Å². The minimum absolute atomic E-state index is 0.0566. The average molecular weight is 269 g/mol. The van der Waals surface area contributed by atoms with Crippen molar-refractivity contribution in [3.8, 4) is 0 Å². The van der Waals surface area contributed by atoms with Crippen molar-refractivity contribution in [3.63, 3.8) is 0 Å². The van der Waals surface area contributed by atoms with Crippen LogP contribution >= 0.6 is 0 Å². The molecule has 1 heterocycles. The van der Waals surface area contributed by atoms with Gasteiger partial charge in [0.05, 0.1) is 12.3 Å². The fourth-order valence-corrected chi connectivity index (χ4v) is 3.97. The Bertz CT molecular complexity index is 527. The Kier molecular flexibility index (Phi) is 3.64. The highest BCUT2D eigenvalue weighted by Crippen LogP contribution is 2.33. The van der Waals surface area contributed by atoms with Crippen LogP contribution in [0.4, 0.5) is 5.69 Å². The van der Waals surface area contributed by atoms with Crippen molar-refractivity contribution >= 4 is 15.7 Å². The number of hydrogen-bond acceptors (Lipinski definition) is 3. The fourth-order valence-electron chi connectivity index (χ4n) is 2.33. The maximum absolute atomic E-state index is 12.5. The fraction of sp³-hybridized carbons (Fsp3) is 0.538. The normalized spacial score (nSPS) is 21.5. The van der Waals surface area contributed by atoms with Crippen LogP contribution in [-0.4, -0.2) is 31.4 Å². The molecule has 0 saturated heterocycles. The van der Waals surface area contributed by atoms with Crippen LogP contribution in [0.1, 0.15) is 25.8 Å². The Labute approximate surface area is 108 Å². The Morgan fingerprint density at radius 1 is 1.44 bits per heavy atom. The highest BCUT2D eigenvalue weighted by molar-refractivity contribution is 7.93. The van der Waals surface area contributed by atoms with Gasteiger partial charge in [-0.2, -0.15) is 0 Å². The van der Waals surface area contributed by atoms with Gasteiger partial charge in [-0.05, 0) is 38.3 Å². The van der Waals surface area contributed by atoms with E-state index in [2.05, 4.69) is 0 Å². The molecule has 2 unspecified atom stereocenters. The zero-order valence-electron chi connectivity index (χ0n) is 10.7. The molecular formula is C13H19NO3S. The summed E-state index contributed by atoms with van der Waals surface area (Å²) in [6, 6.07) is 7.52. The Balaban J connectivity index is 2.50. The number of hydrogen-bond donors (Lipinski definition) is 1. The van der Waals surface area contributed by atoms with Gasteiger partial charge in [0.1, 0.15) is 5.25 Å². The number of aryl methyl sites for hydroxylation is 1. The molecule has 1 aromatic rings. The van der Waals surface area contributed by atoms with Gasteiger partial charge in [0.15, 0.2) is 0 Å². The Hall–Kier alpha value is -1.07. The predicted molar refractivity (Wildman–Crippen MR) is 72.2 cm³/mol. The molecule has 2 rings (SSSR count). The predicted octanol–water partition coefficient (Wildman–Crippen LogP) is 1.54. The van der Waals surface area contributed by atoms with Gasteiger partial charge in [0, 0.05) is 6.04 Å². The van der Waals surface area contributed by atoms with E-state index in [0.717, 1.165) is 24.1 Å². The van der Waals surface area contributed by atoms with E-state index in [9.17, 15) is 8.42 Å². The number of sulfonamides is 1. The molecule has 0 bridgehead atoms. The molecule has 18 heavy (non-hydrogen) atoms. The highest BCUT2D eigenvalue weighted by Gasteiger charge is 2.35. The molecule has 0 radical (unpaired) electrons. The number of aliphatic hydroxyl groups is 1. The highest BCUT2D eigenvalue weighted by atomic mass is 32.2. The third-order valence-corrected chi connectivity index (χ3v) is 5.77. The molecule has 5 heteroatoms. The molecule has 4 nitrogen and oxygen atoms in total. The van der Waals surface area contributed by atoms with Crippen LogP contribution in [0.5, 0.6) is 0 Å². The summed E-state index contributed by atoms with van der Waals surface area (Å²) in [5.41, 5.74) is 1.82. The first kappa shape index (κ1) is 13.4. The van der Waals surface area contributed by atoms with Gasteiger partial charge in [-0.1, -0.05) is 18.2 Å². The van der Waals surface area contributed by atoms with Crippen LogP contribution in [-0.2, 0) is 16.4 Å². The van der Waals surface area contributed by atoms with Gasteiger partial charge in [0.25, 0.3) is 0 Å². The van der Waals surface area contributed by atoms with E-state index in [1.165, 1.54) is 4.31 Å². The smallest absolute Gasteiger partial charge is 0.240 e. The maximum Gasteiger partial charge on any atom is 0.240 e. The second-order valence-electron chi connectivity index (χ2n) is 4.85. The number of para-hydroxylation sites is 1. The zero-order chi connectivity index (χ0) is 13.3. The lowest BCUT2D eigenvalue weighted by molar-refractivity contribution is 0.295. The lowest BCUT2D eigenvalue weighted by Gasteiger charge is -2.37. The largest absolute Gasteiger partial charge is 0.395 e. The van der Waals surface area contributed by atoms with Crippen molar-refractivity contribution < 1.29 is 13.5 Å². The summed E-state index contributed by atoms with van der Waals surface area (Å²) in [7, 11) is -3.49. The van der Waals surface area contributed by atoms with Gasteiger partial charge in [-0.3, -0.25) is 4.31 Å². The third kappa shape index (κ3) is 2.12. The van der Waals surface area contributed by atoms with Crippen molar-refractivity contribution in [3.05, 3.63) is 29.8 Å². The van der Waals surface area contributed by atoms with Crippen LogP contribution in [0.15, 0.2) is 24.3 Å². The van der Waals surface area contributed by atoms with Gasteiger partial charge in [0.2, 0.25) is 10.0 Å². The van der Waals surface area contributed by atoms with Gasteiger partial charge >= 0.3 is 0 Å². The van der Waals surface area contributed by atoms with E-state index in [1.807, 2.05) is 31.2 Å². The molecule has 0 aromatic heterocycles. The molecule has 0 spiro atoms. The standard InChI is InChI=1S/C13H19NO3S/c1-10-7-8-12-5-3-4-6-13(12)14(10)18(16,17)11(2)9-15/h3-6,10-11,15H,7-9H2,1-2H3. The number of aliphatic hydroxyl groups excluding tert-OH is 1. The van der Waals surface area contributed by atoms with Gasteiger partial charge in [-0.25, -0.2) is 8.42 Å². The topological polar surface area (TPSA) is 57.6 Å². The third-order valence-electron chi connectivity index (χ3n) is 3.50. The van der Waals surface area contributed by atoms with Crippen LogP contribution in [0, 0.1) is 0 Å². The number of rotatable bonds is 3. The Morgan fingerprint density at radius 3 is 2.78 bits per heavy atom. The van der Waals surface area contributed by atoms with Crippen molar-refractivity contribution in [2.75, 3.05) is 10.9 Å². The number of fused-ring (bicyclic) bond motifs is 1. The SMILES string of the molecule is CC1CCc2ccccc2N1S(=O)(=O)C(C)CO. The van der Waals surface area contributed by atoms with Crippen molar-refractivity contribution in [1.82, 2.24) is 0 Å². The minimum Gasteiger partial charge on any atom is -0.395 e. The second kappa shape index (κ2) is 4.90. The molecule has 100 valence electrons. The molecule has 2 atom stereocenters. The molecular weight excluding hydrogens is 250 g/mol. The monoisotopic (exact) mass is 269 g/mol. The Morgan fingerprint density at radius 2 is 2.11 bits per heavy atom. The molecule has 1 aliphatic rings.